The van der Waals surface area contributed by atoms with Gasteiger partial charge in [-0.05, 0) is 37.8 Å². The van der Waals surface area contributed by atoms with Gasteiger partial charge in [0.15, 0.2) is 0 Å². The highest BCUT2D eigenvalue weighted by molar-refractivity contribution is 7.21. The Balaban J connectivity index is 1.18. The number of nitrogens with two attached hydrogens (primary N) is 1. The fourth-order valence-corrected chi connectivity index (χ4v) is 6.11. The Morgan fingerprint density at radius 3 is 2.91 bits per heavy atom. The third-order valence-corrected chi connectivity index (χ3v) is 7.78. The first kappa shape index (κ1) is 20.6. The van der Waals surface area contributed by atoms with E-state index in [1.54, 1.807) is 12.3 Å². The van der Waals surface area contributed by atoms with Gasteiger partial charge < -0.3 is 26.0 Å². The molecule has 3 aromatic rings. The van der Waals surface area contributed by atoms with Crippen LogP contribution in [-0.2, 0) is 6.42 Å². The molecule has 3 aliphatic rings. The van der Waals surface area contributed by atoms with Crippen LogP contribution in [-0.4, -0.2) is 53.7 Å². The van der Waals surface area contributed by atoms with E-state index in [0.717, 1.165) is 37.2 Å². The van der Waals surface area contributed by atoms with Crippen molar-refractivity contribution in [3.63, 3.8) is 0 Å². The van der Waals surface area contributed by atoms with Crippen LogP contribution in [0.3, 0.4) is 0 Å². The molecule has 2 aromatic heterocycles. The number of carbonyl (C=O) groups is 1. The monoisotopic (exact) mass is 468 g/mol. The van der Waals surface area contributed by atoms with Gasteiger partial charge in [0.1, 0.15) is 33.4 Å². The van der Waals surface area contributed by atoms with Crippen molar-refractivity contribution < 1.29 is 13.9 Å². The minimum Gasteiger partial charge on any atom is -0.491 e. The van der Waals surface area contributed by atoms with Crippen LogP contribution in [0.25, 0.3) is 10.3 Å². The third-order valence-electron chi connectivity index (χ3n) is 6.69. The van der Waals surface area contributed by atoms with E-state index in [1.807, 2.05) is 13.0 Å². The normalized spacial score (nSPS) is 23.9. The van der Waals surface area contributed by atoms with Gasteiger partial charge in [-0.1, -0.05) is 0 Å². The van der Waals surface area contributed by atoms with Crippen molar-refractivity contribution in [3.8, 4) is 5.75 Å². The van der Waals surface area contributed by atoms with Crippen molar-refractivity contribution in [2.45, 2.75) is 44.3 Å². The Morgan fingerprint density at radius 2 is 2.12 bits per heavy atom. The summed E-state index contributed by atoms with van der Waals surface area (Å²) in [5, 5.41) is 6.55. The maximum absolute atomic E-state index is 15.1. The maximum Gasteiger partial charge on any atom is 0.263 e. The summed E-state index contributed by atoms with van der Waals surface area (Å²) < 4.78 is 21.0. The zero-order valence-electron chi connectivity index (χ0n) is 18.2. The van der Waals surface area contributed by atoms with E-state index in [2.05, 4.69) is 25.5 Å². The van der Waals surface area contributed by atoms with Crippen LogP contribution >= 0.6 is 11.3 Å². The molecule has 4 N–H and O–H groups in total. The molecule has 6 rings (SSSR count). The van der Waals surface area contributed by atoms with Crippen molar-refractivity contribution in [1.82, 2.24) is 20.6 Å². The van der Waals surface area contributed by atoms with Crippen LogP contribution in [0.1, 0.15) is 33.8 Å². The molecule has 10 heteroatoms. The second-order valence-electron chi connectivity index (χ2n) is 9.15. The number of ether oxygens (including phenoxy) is 1. The highest BCUT2D eigenvalue weighted by atomic mass is 32.1. The highest BCUT2D eigenvalue weighted by Gasteiger charge is 2.34. The second-order valence-corrected chi connectivity index (χ2v) is 10.1. The summed E-state index contributed by atoms with van der Waals surface area (Å²) in [6.45, 7) is 3.78. The lowest BCUT2D eigenvalue weighted by molar-refractivity contribution is 0.0920. The molecule has 8 nitrogen and oxygen atoms in total. The molecule has 1 aromatic carbocycles. The van der Waals surface area contributed by atoms with Crippen molar-refractivity contribution >= 4 is 39.0 Å². The number of carbonyl (C=O) groups excluding carboxylic acids is 1. The summed E-state index contributed by atoms with van der Waals surface area (Å²) in [4.78, 5) is 24.8. The number of fused-ring (bicyclic) bond motifs is 4. The number of aryl methyl sites for hydroxylation is 1. The van der Waals surface area contributed by atoms with Gasteiger partial charge in [0, 0.05) is 37.4 Å². The number of nitrogens with one attached hydrogen (secondary N) is 2. The maximum atomic E-state index is 15.1. The third kappa shape index (κ3) is 3.67. The lowest BCUT2D eigenvalue weighted by Crippen LogP contribution is -2.51. The average Bonchev–Trinajstić information content (AvgIpc) is 3.30. The summed E-state index contributed by atoms with van der Waals surface area (Å²) in [6, 6.07) is 3.94. The van der Waals surface area contributed by atoms with E-state index in [1.165, 1.54) is 11.3 Å². The molecular formula is C23H25FN6O2S. The van der Waals surface area contributed by atoms with Gasteiger partial charge in [-0.2, -0.15) is 0 Å². The smallest absolute Gasteiger partial charge is 0.263 e. The molecule has 1 amide bonds. The zero-order valence-corrected chi connectivity index (χ0v) is 19.0. The van der Waals surface area contributed by atoms with Gasteiger partial charge in [-0.15, -0.1) is 11.3 Å². The number of anilines is 2. The Bertz CT molecular complexity index is 1250. The predicted molar refractivity (Wildman–Crippen MR) is 126 cm³/mol. The Kier molecular flexibility index (Phi) is 4.88. The number of benzene rings is 1. The largest absolute Gasteiger partial charge is 0.491 e. The minimum absolute atomic E-state index is 0.244. The number of amides is 1. The van der Waals surface area contributed by atoms with Crippen LogP contribution in [0.4, 0.5) is 15.8 Å². The fraction of sp³-hybridized carbons (Fsp3) is 0.435. The zero-order chi connectivity index (χ0) is 22.7. The summed E-state index contributed by atoms with van der Waals surface area (Å²) >= 11 is 1.22. The van der Waals surface area contributed by atoms with E-state index in [4.69, 9.17) is 10.5 Å². The molecule has 0 saturated carbocycles. The van der Waals surface area contributed by atoms with Crippen molar-refractivity contribution in [2.24, 2.45) is 0 Å². The SMILES string of the molecule is Cc1cnc2c(N)c(C(=O)N[C@H]3COc4cc(N5CC6CCC(C5)N6)c(F)cc4C3)sc2n1. The van der Waals surface area contributed by atoms with Gasteiger partial charge in [-0.3, -0.25) is 4.79 Å². The molecule has 0 spiro atoms. The molecule has 3 aliphatic heterocycles. The molecule has 2 bridgehead atoms. The molecule has 33 heavy (non-hydrogen) atoms. The molecule has 0 aliphatic carbocycles. The number of hydrogen-bond donors (Lipinski definition) is 3. The summed E-state index contributed by atoms with van der Waals surface area (Å²) in [5.74, 6) is 0.153. The number of hydrogen-bond acceptors (Lipinski definition) is 8. The summed E-state index contributed by atoms with van der Waals surface area (Å²) in [6.07, 6.45) is 4.40. The van der Waals surface area contributed by atoms with Crippen LogP contribution in [0.15, 0.2) is 18.3 Å². The van der Waals surface area contributed by atoms with Gasteiger partial charge in [0.25, 0.3) is 5.91 Å². The van der Waals surface area contributed by atoms with E-state index in [0.29, 0.717) is 57.5 Å². The molecular weight excluding hydrogens is 443 g/mol. The number of nitrogens with zero attached hydrogens (tertiary/aromatic N) is 3. The van der Waals surface area contributed by atoms with Crippen LogP contribution in [0.2, 0.25) is 0 Å². The van der Waals surface area contributed by atoms with Crippen LogP contribution in [0, 0.1) is 12.7 Å². The standard InChI is InChI=1S/C23H25FN6O2S/c1-11-7-26-20-19(25)21(33-23(20)27-11)22(31)29-15-4-12-5-16(24)17(6-18(12)32-10-15)30-8-13-2-3-14(9-30)28-13/h5-7,13-15,28H,2-4,8-10,25H2,1H3,(H,29,31)/t13?,14?,15-/m1/s1. The highest BCUT2D eigenvalue weighted by Crippen LogP contribution is 2.35. The lowest BCUT2D eigenvalue weighted by atomic mass is 10.0. The second kappa shape index (κ2) is 7.81. The first-order chi connectivity index (χ1) is 15.9. The minimum atomic E-state index is -0.291. The molecule has 0 radical (unpaired) electrons. The molecule has 2 unspecified atom stereocenters. The van der Waals surface area contributed by atoms with E-state index in [-0.39, 0.29) is 17.8 Å². The van der Waals surface area contributed by atoms with Crippen LogP contribution < -0.4 is 26.0 Å². The van der Waals surface area contributed by atoms with Gasteiger partial charge in [0.05, 0.1) is 23.1 Å². The van der Waals surface area contributed by atoms with E-state index < -0.39 is 0 Å². The number of piperazine rings is 1. The fourth-order valence-electron chi connectivity index (χ4n) is 5.11. The summed E-state index contributed by atoms with van der Waals surface area (Å²) in [7, 11) is 0. The van der Waals surface area contributed by atoms with Crippen molar-refractivity contribution in [3.05, 3.63) is 40.3 Å². The van der Waals surface area contributed by atoms with Crippen LogP contribution in [0.5, 0.6) is 5.75 Å². The first-order valence-electron chi connectivity index (χ1n) is 11.2. The molecule has 172 valence electrons. The predicted octanol–water partition coefficient (Wildman–Crippen LogP) is 2.40. The number of thiophene rings is 1. The number of halogens is 1. The van der Waals surface area contributed by atoms with Gasteiger partial charge in [-0.25, -0.2) is 14.4 Å². The molecule has 3 atom stereocenters. The quantitative estimate of drug-likeness (QED) is 0.542. The Labute approximate surface area is 194 Å². The summed E-state index contributed by atoms with van der Waals surface area (Å²) in [5.41, 5.74) is 9.16. The lowest BCUT2D eigenvalue weighted by Gasteiger charge is -2.35. The molecule has 2 saturated heterocycles. The Hall–Kier alpha value is -2.98. The number of aromatic nitrogens is 2. The number of nitrogen functional groups attached to an aromatic ring is 1. The Morgan fingerprint density at radius 1 is 1.33 bits per heavy atom. The van der Waals surface area contributed by atoms with E-state index >= 15 is 4.39 Å². The average molecular weight is 469 g/mol. The van der Waals surface area contributed by atoms with Gasteiger partial charge >= 0.3 is 0 Å². The van der Waals surface area contributed by atoms with E-state index in [9.17, 15) is 4.79 Å². The van der Waals surface area contributed by atoms with Crippen molar-refractivity contribution in [1.29, 1.82) is 0 Å². The topological polar surface area (TPSA) is 105 Å². The molecule has 2 fully saturated rings. The first-order valence-corrected chi connectivity index (χ1v) is 12.0. The number of rotatable bonds is 3. The van der Waals surface area contributed by atoms with Gasteiger partial charge in [0.2, 0.25) is 0 Å². The van der Waals surface area contributed by atoms with Crippen molar-refractivity contribution in [2.75, 3.05) is 30.3 Å². The molecule has 5 heterocycles.